The first-order valence-electron chi connectivity index (χ1n) is 20.1. The Labute approximate surface area is 335 Å². The molecule has 0 saturated heterocycles. The molecule has 0 spiro atoms. The van der Waals surface area contributed by atoms with Crippen molar-refractivity contribution < 1.29 is 0 Å². The zero-order chi connectivity index (χ0) is 37.9. The van der Waals surface area contributed by atoms with Gasteiger partial charge in [-0.05, 0) is 104 Å². The zero-order valence-corrected chi connectivity index (χ0v) is 31.5. The molecule has 58 heavy (non-hydrogen) atoms. The summed E-state index contributed by atoms with van der Waals surface area (Å²) in [6.45, 7) is 0. The van der Waals surface area contributed by atoms with Crippen molar-refractivity contribution in [1.29, 1.82) is 0 Å². The Hall–Kier alpha value is -7.68. The van der Waals surface area contributed by atoms with Crippen LogP contribution in [0, 0.1) is 0 Å². The molecule has 0 bridgehead atoms. The van der Waals surface area contributed by atoms with Gasteiger partial charge in [-0.15, -0.1) is 0 Å². The monoisotopic (exact) mass is 734 g/mol. The number of hydrogen-bond acceptors (Lipinski definition) is 0. The van der Waals surface area contributed by atoms with Crippen LogP contribution in [0.3, 0.4) is 0 Å². The molecule has 2 aromatic heterocycles. The molecular weight excluding hydrogens is 701 g/mol. The molecule has 0 aliphatic heterocycles. The molecule has 1 aliphatic carbocycles. The highest BCUT2D eigenvalue weighted by Crippen LogP contribution is 2.49. The molecule has 10 aromatic carbocycles. The molecule has 1 aliphatic rings. The van der Waals surface area contributed by atoms with Gasteiger partial charge < -0.3 is 9.13 Å². The zero-order valence-electron chi connectivity index (χ0n) is 31.5. The van der Waals surface area contributed by atoms with Crippen molar-refractivity contribution in [3.05, 3.63) is 206 Å². The Balaban J connectivity index is 1.01. The van der Waals surface area contributed by atoms with Gasteiger partial charge >= 0.3 is 0 Å². The maximum atomic E-state index is 2.48. The smallest absolute Gasteiger partial charge is 0.0619 e. The van der Waals surface area contributed by atoms with Crippen LogP contribution in [0.1, 0.15) is 0 Å². The van der Waals surface area contributed by atoms with Crippen molar-refractivity contribution in [3.63, 3.8) is 0 Å². The van der Waals surface area contributed by atoms with E-state index in [0.717, 1.165) is 5.69 Å². The van der Waals surface area contributed by atoms with Crippen molar-refractivity contribution in [3.8, 4) is 55.9 Å². The van der Waals surface area contributed by atoms with E-state index in [0.29, 0.717) is 0 Å². The lowest BCUT2D eigenvalue weighted by molar-refractivity contribution is 1.19. The second-order valence-electron chi connectivity index (χ2n) is 15.7. The van der Waals surface area contributed by atoms with Gasteiger partial charge in [0.2, 0.25) is 0 Å². The summed E-state index contributed by atoms with van der Waals surface area (Å²) in [5.41, 5.74) is 17.4. The maximum absolute atomic E-state index is 2.48. The Morgan fingerprint density at radius 2 is 0.862 bits per heavy atom. The van der Waals surface area contributed by atoms with Crippen molar-refractivity contribution in [2.24, 2.45) is 0 Å². The van der Waals surface area contributed by atoms with E-state index in [9.17, 15) is 0 Å². The number of benzene rings is 10. The summed E-state index contributed by atoms with van der Waals surface area (Å²) in [6.07, 6.45) is 0. The summed E-state index contributed by atoms with van der Waals surface area (Å²) in [5.74, 6) is 0. The van der Waals surface area contributed by atoms with Crippen LogP contribution in [-0.4, -0.2) is 9.13 Å². The van der Waals surface area contributed by atoms with Crippen molar-refractivity contribution >= 4 is 65.2 Å². The lowest BCUT2D eigenvalue weighted by Gasteiger charge is -2.13. The minimum Gasteiger partial charge on any atom is -0.309 e. The first kappa shape index (κ1) is 31.5. The largest absolute Gasteiger partial charge is 0.309 e. The van der Waals surface area contributed by atoms with Crippen LogP contribution in [-0.2, 0) is 0 Å². The molecule has 0 unspecified atom stereocenters. The SMILES string of the molecule is c1ccc(-c2cccc(-n3c4ccc(-c5ccc6c(c5)c5ccccc5n6-c5ccc6c7c(cccc57)-c5ccccc5-6)cc4c4ccc5ccccc5c43)c2)cc1. The summed E-state index contributed by atoms with van der Waals surface area (Å²) in [4.78, 5) is 0. The number of hydrogen-bond donors (Lipinski definition) is 0. The summed E-state index contributed by atoms with van der Waals surface area (Å²) in [7, 11) is 0. The number of para-hydroxylation sites is 1. The number of aromatic nitrogens is 2. The molecule has 0 saturated carbocycles. The van der Waals surface area contributed by atoms with Crippen LogP contribution in [0.2, 0.25) is 0 Å². The second-order valence-corrected chi connectivity index (χ2v) is 15.7. The van der Waals surface area contributed by atoms with Crippen LogP contribution in [0.15, 0.2) is 206 Å². The third-order valence-corrected chi connectivity index (χ3v) is 12.6. The van der Waals surface area contributed by atoms with E-state index in [1.807, 2.05) is 0 Å². The van der Waals surface area contributed by atoms with Gasteiger partial charge in [0.1, 0.15) is 0 Å². The highest BCUT2D eigenvalue weighted by Gasteiger charge is 2.24. The van der Waals surface area contributed by atoms with Gasteiger partial charge in [0, 0.05) is 38.0 Å². The van der Waals surface area contributed by atoms with E-state index in [-0.39, 0.29) is 0 Å². The number of nitrogens with zero attached hydrogens (tertiary/aromatic N) is 2. The number of rotatable bonds is 4. The van der Waals surface area contributed by atoms with E-state index in [4.69, 9.17) is 0 Å². The second kappa shape index (κ2) is 11.9. The summed E-state index contributed by atoms with van der Waals surface area (Å²) in [5, 5.41) is 10.1. The summed E-state index contributed by atoms with van der Waals surface area (Å²) < 4.78 is 4.95. The molecule has 0 atom stereocenters. The normalized spacial score (nSPS) is 12.1. The van der Waals surface area contributed by atoms with E-state index >= 15 is 0 Å². The van der Waals surface area contributed by atoms with E-state index in [1.54, 1.807) is 0 Å². The molecule has 0 fully saturated rings. The minimum atomic E-state index is 1.16. The predicted molar refractivity (Wildman–Crippen MR) is 245 cm³/mol. The summed E-state index contributed by atoms with van der Waals surface area (Å²) in [6, 6.07) is 76.2. The van der Waals surface area contributed by atoms with Crippen molar-refractivity contribution in [1.82, 2.24) is 9.13 Å². The molecule has 0 radical (unpaired) electrons. The van der Waals surface area contributed by atoms with Gasteiger partial charge in [0.15, 0.2) is 0 Å². The fraction of sp³-hybridized carbons (Fsp3) is 0. The Kier molecular flexibility index (Phi) is 6.47. The van der Waals surface area contributed by atoms with E-state index in [1.165, 1.54) is 115 Å². The van der Waals surface area contributed by atoms with Gasteiger partial charge in [-0.3, -0.25) is 0 Å². The molecule has 268 valence electrons. The fourth-order valence-corrected chi connectivity index (χ4v) is 10.1. The maximum Gasteiger partial charge on any atom is 0.0619 e. The lowest BCUT2D eigenvalue weighted by atomic mass is 10.00. The molecule has 0 amide bonds. The first-order valence-corrected chi connectivity index (χ1v) is 20.1. The quantitative estimate of drug-likeness (QED) is 0.170. The molecule has 2 nitrogen and oxygen atoms in total. The highest BCUT2D eigenvalue weighted by atomic mass is 15.0. The Bertz CT molecular complexity index is 3650. The van der Waals surface area contributed by atoms with E-state index < -0.39 is 0 Å². The molecular formula is C56H34N2. The van der Waals surface area contributed by atoms with Gasteiger partial charge in [-0.2, -0.15) is 0 Å². The van der Waals surface area contributed by atoms with Gasteiger partial charge in [-0.25, -0.2) is 0 Å². The topological polar surface area (TPSA) is 9.86 Å². The summed E-state index contributed by atoms with van der Waals surface area (Å²) >= 11 is 0. The van der Waals surface area contributed by atoms with Crippen LogP contribution in [0.25, 0.3) is 121 Å². The highest BCUT2D eigenvalue weighted by molar-refractivity contribution is 6.21. The molecule has 0 N–H and O–H groups in total. The number of fused-ring (bicyclic) bond motifs is 11. The van der Waals surface area contributed by atoms with Crippen LogP contribution in [0.4, 0.5) is 0 Å². The Morgan fingerprint density at radius 3 is 1.69 bits per heavy atom. The van der Waals surface area contributed by atoms with Crippen molar-refractivity contribution in [2.75, 3.05) is 0 Å². The standard InChI is InChI=1S/C56H34N2/c1-2-12-35(13-3-1)37-15-10-16-40(32-37)57-53-29-25-39(34-50(53)47-27-24-36-14-4-5-17-41(36)56(47)57)38-26-30-54-49(33-38)44-20-8-9-23-51(44)58(54)52-31-28-46-43-19-7-6-18-42(43)45-21-11-22-48(52)55(45)46/h1-34H. The van der Waals surface area contributed by atoms with Gasteiger partial charge in [0.25, 0.3) is 0 Å². The third kappa shape index (κ3) is 4.37. The third-order valence-electron chi connectivity index (χ3n) is 12.6. The minimum absolute atomic E-state index is 1.16. The van der Waals surface area contributed by atoms with Crippen LogP contribution < -0.4 is 0 Å². The first-order chi connectivity index (χ1) is 28.8. The van der Waals surface area contributed by atoms with Gasteiger partial charge in [-0.1, -0.05) is 158 Å². The van der Waals surface area contributed by atoms with Crippen LogP contribution in [0.5, 0.6) is 0 Å². The average Bonchev–Trinajstić information content (AvgIpc) is 3.93. The molecule has 2 heterocycles. The molecule has 2 heteroatoms. The lowest BCUT2D eigenvalue weighted by Crippen LogP contribution is -1.96. The Morgan fingerprint density at radius 1 is 0.276 bits per heavy atom. The molecule has 13 rings (SSSR count). The van der Waals surface area contributed by atoms with E-state index in [2.05, 4.69) is 215 Å². The fourth-order valence-electron chi connectivity index (χ4n) is 10.1. The predicted octanol–water partition coefficient (Wildman–Crippen LogP) is 15.2. The molecule has 12 aromatic rings. The average molecular weight is 735 g/mol. The van der Waals surface area contributed by atoms with Crippen molar-refractivity contribution in [2.45, 2.75) is 0 Å². The van der Waals surface area contributed by atoms with Crippen LogP contribution >= 0.6 is 0 Å². The van der Waals surface area contributed by atoms with Gasteiger partial charge in [0.05, 0.1) is 27.8 Å².